The van der Waals surface area contributed by atoms with Gasteiger partial charge in [-0.15, -0.1) is 13.2 Å². The number of amides is 2. The zero-order valence-electron chi connectivity index (χ0n) is 17.7. The first-order chi connectivity index (χ1) is 15.4. The average Bonchev–Trinajstić information content (AvgIpc) is 3.17. The maximum atomic E-state index is 13.2. The molecule has 2 fully saturated rings. The molecular weight excluding hydrogens is 445 g/mol. The van der Waals surface area contributed by atoms with Gasteiger partial charge in [-0.3, -0.25) is 9.80 Å². The fourth-order valence-corrected chi connectivity index (χ4v) is 5.07. The van der Waals surface area contributed by atoms with Gasteiger partial charge in [0.15, 0.2) is 5.13 Å². The van der Waals surface area contributed by atoms with Crippen LogP contribution in [0.5, 0.6) is 5.75 Å². The summed E-state index contributed by atoms with van der Waals surface area (Å²) in [5, 5.41) is 3.59. The number of halogens is 3. The number of nitrogens with one attached hydrogen (secondary N) is 1. The van der Waals surface area contributed by atoms with Crippen LogP contribution in [0.3, 0.4) is 0 Å². The number of urea groups is 1. The van der Waals surface area contributed by atoms with E-state index < -0.39 is 6.36 Å². The van der Waals surface area contributed by atoms with Crippen LogP contribution in [0, 0.1) is 0 Å². The fraction of sp³-hybridized carbons (Fsp3) is 0.619. The minimum absolute atomic E-state index is 0.142. The van der Waals surface area contributed by atoms with E-state index in [0.717, 1.165) is 38.8 Å². The van der Waals surface area contributed by atoms with Crippen LogP contribution in [0.1, 0.15) is 32.1 Å². The Kier molecular flexibility index (Phi) is 7.37. The molecule has 2 aliphatic rings. The van der Waals surface area contributed by atoms with Gasteiger partial charge in [-0.2, -0.15) is 0 Å². The van der Waals surface area contributed by atoms with E-state index in [-0.39, 0.29) is 17.8 Å². The quantitative estimate of drug-likeness (QED) is 0.676. The summed E-state index contributed by atoms with van der Waals surface area (Å²) in [5.41, 5.74) is 0.529. The molecule has 1 saturated carbocycles. The molecule has 1 N–H and O–H groups in total. The topological polar surface area (TPSA) is 66.9 Å². The minimum atomic E-state index is -4.76. The summed E-state index contributed by atoms with van der Waals surface area (Å²) in [6.07, 6.45) is 0.546. The normalized spacial score (nSPS) is 18.6. The molecule has 1 aromatic heterocycles. The Morgan fingerprint density at radius 1 is 1.25 bits per heavy atom. The van der Waals surface area contributed by atoms with Crippen LogP contribution in [0.4, 0.5) is 23.1 Å². The minimum Gasteiger partial charge on any atom is -0.406 e. The summed E-state index contributed by atoms with van der Waals surface area (Å²) in [6.45, 7) is 4.03. The standard InChI is InChI=1S/C21H27F3N4O3S/c22-21(23,24)31-16-6-7-17-18(14-16)32-20(26-17)28(9-8-27-10-12-30-13-11-27)19(29)25-15-4-2-1-3-5-15/h6-7,14-15H,1-5,8-13H2,(H,25,29). The van der Waals surface area contributed by atoms with Crippen LogP contribution in [0.25, 0.3) is 10.2 Å². The van der Waals surface area contributed by atoms with Crippen LogP contribution in [0.2, 0.25) is 0 Å². The molecule has 2 amide bonds. The third kappa shape index (κ3) is 6.23. The van der Waals surface area contributed by atoms with Crippen LogP contribution < -0.4 is 15.0 Å². The molecule has 1 aromatic carbocycles. The molecule has 0 spiro atoms. The van der Waals surface area contributed by atoms with E-state index in [1.54, 1.807) is 4.90 Å². The van der Waals surface area contributed by atoms with Gasteiger partial charge < -0.3 is 14.8 Å². The molecule has 2 heterocycles. The van der Waals surface area contributed by atoms with Gasteiger partial charge in [0.2, 0.25) is 0 Å². The number of morpholine rings is 1. The molecule has 11 heteroatoms. The molecule has 32 heavy (non-hydrogen) atoms. The molecular formula is C21H27F3N4O3S. The lowest BCUT2D eigenvalue weighted by Crippen LogP contribution is -2.49. The molecule has 0 unspecified atom stereocenters. The van der Waals surface area contributed by atoms with E-state index in [0.29, 0.717) is 41.7 Å². The summed E-state index contributed by atoms with van der Waals surface area (Å²) in [7, 11) is 0. The van der Waals surface area contributed by atoms with Crippen molar-refractivity contribution in [1.29, 1.82) is 0 Å². The van der Waals surface area contributed by atoms with Crippen molar-refractivity contribution in [1.82, 2.24) is 15.2 Å². The molecule has 0 atom stereocenters. The first-order valence-electron chi connectivity index (χ1n) is 10.9. The van der Waals surface area contributed by atoms with Gasteiger partial charge in [0.05, 0.1) is 23.4 Å². The highest BCUT2D eigenvalue weighted by atomic mass is 32.1. The number of thiazole rings is 1. The summed E-state index contributed by atoms with van der Waals surface area (Å²) in [4.78, 5) is 21.6. The van der Waals surface area contributed by atoms with Crippen molar-refractivity contribution < 1.29 is 27.4 Å². The second-order valence-electron chi connectivity index (χ2n) is 8.06. The van der Waals surface area contributed by atoms with Gasteiger partial charge in [-0.1, -0.05) is 30.6 Å². The summed E-state index contributed by atoms with van der Waals surface area (Å²) >= 11 is 1.19. The third-order valence-electron chi connectivity index (χ3n) is 5.73. The van der Waals surface area contributed by atoms with Crippen molar-refractivity contribution in [3.8, 4) is 5.75 Å². The Balaban J connectivity index is 1.52. The highest BCUT2D eigenvalue weighted by molar-refractivity contribution is 7.22. The predicted molar refractivity (Wildman–Crippen MR) is 116 cm³/mol. The SMILES string of the molecule is O=C(NC1CCCCC1)N(CCN1CCOCC1)c1nc2ccc(OC(F)(F)F)cc2s1. The Morgan fingerprint density at radius 3 is 2.72 bits per heavy atom. The number of benzene rings is 1. The highest BCUT2D eigenvalue weighted by Gasteiger charge is 2.31. The number of aromatic nitrogens is 1. The number of ether oxygens (including phenoxy) is 2. The second kappa shape index (κ2) is 10.2. The number of rotatable bonds is 6. The van der Waals surface area contributed by atoms with Gasteiger partial charge in [0, 0.05) is 38.3 Å². The van der Waals surface area contributed by atoms with Gasteiger partial charge >= 0.3 is 12.4 Å². The lowest BCUT2D eigenvalue weighted by atomic mass is 9.96. The number of anilines is 1. The highest BCUT2D eigenvalue weighted by Crippen LogP contribution is 2.33. The van der Waals surface area contributed by atoms with Gasteiger partial charge in [-0.05, 0) is 25.0 Å². The Morgan fingerprint density at radius 2 is 2.00 bits per heavy atom. The van der Waals surface area contributed by atoms with Gasteiger partial charge in [-0.25, -0.2) is 9.78 Å². The molecule has 7 nitrogen and oxygen atoms in total. The maximum Gasteiger partial charge on any atom is 0.573 e. The number of alkyl halides is 3. The second-order valence-corrected chi connectivity index (χ2v) is 9.07. The van der Waals surface area contributed by atoms with Crippen molar-refractivity contribution in [2.45, 2.75) is 44.5 Å². The van der Waals surface area contributed by atoms with E-state index in [4.69, 9.17) is 4.74 Å². The summed E-state index contributed by atoms with van der Waals surface area (Å²) in [6, 6.07) is 3.96. The number of hydrogen-bond acceptors (Lipinski definition) is 6. The van der Waals surface area contributed by atoms with Gasteiger partial charge in [0.25, 0.3) is 0 Å². The van der Waals surface area contributed by atoms with E-state index in [9.17, 15) is 18.0 Å². The molecule has 1 aliphatic heterocycles. The number of nitrogens with zero attached hydrogens (tertiary/aromatic N) is 3. The Labute approximate surface area is 188 Å². The van der Waals surface area contributed by atoms with Gasteiger partial charge in [0.1, 0.15) is 5.75 Å². The smallest absolute Gasteiger partial charge is 0.406 e. The van der Waals surface area contributed by atoms with Crippen LogP contribution >= 0.6 is 11.3 Å². The number of fused-ring (bicyclic) bond motifs is 1. The molecule has 176 valence electrons. The monoisotopic (exact) mass is 472 g/mol. The fourth-order valence-electron chi connectivity index (χ4n) is 4.06. The van der Waals surface area contributed by atoms with Crippen LogP contribution in [-0.4, -0.2) is 67.7 Å². The molecule has 4 rings (SSSR count). The molecule has 0 radical (unpaired) electrons. The van der Waals surface area contributed by atoms with Crippen molar-refractivity contribution in [2.75, 3.05) is 44.3 Å². The largest absolute Gasteiger partial charge is 0.573 e. The van der Waals surface area contributed by atoms with E-state index in [1.807, 2.05) is 0 Å². The number of carbonyl (C=O) groups is 1. The molecule has 0 bridgehead atoms. The van der Waals surface area contributed by atoms with Crippen LogP contribution in [-0.2, 0) is 4.74 Å². The predicted octanol–water partition coefficient (Wildman–Crippen LogP) is 4.38. The van der Waals surface area contributed by atoms with Crippen molar-refractivity contribution in [3.63, 3.8) is 0 Å². The molecule has 1 aliphatic carbocycles. The van der Waals surface area contributed by atoms with E-state index in [2.05, 4.69) is 19.9 Å². The van der Waals surface area contributed by atoms with Crippen molar-refractivity contribution >= 4 is 32.7 Å². The lowest BCUT2D eigenvalue weighted by Gasteiger charge is -2.30. The average molecular weight is 473 g/mol. The first kappa shape index (κ1) is 23.1. The maximum absolute atomic E-state index is 13.2. The van der Waals surface area contributed by atoms with Crippen LogP contribution in [0.15, 0.2) is 18.2 Å². The molecule has 2 aromatic rings. The Hall–Kier alpha value is -2.11. The third-order valence-corrected chi connectivity index (χ3v) is 6.78. The lowest BCUT2D eigenvalue weighted by molar-refractivity contribution is -0.274. The summed E-state index contributed by atoms with van der Waals surface area (Å²) < 4.78 is 47.7. The zero-order chi connectivity index (χ0) is 22.6. The molecule has 1 saturated heterocycles. The first-order valence-corrected chi connectivity index (χ1v) is 11.7. The number of carbonyl (C=O) groups excluding carboxylic acids is 1. The zero-order valence-corrected chi connectivity index (χ0v) is 18.5. The number of hydrogen-bond donors (Lipinski definition) is 1. The summed E-state index contributed by atoms with van der Waals surface area (Å²) in [5.74, 6) is -0.299. The Bertz CT molecular complexity index is 911. The van der Waals surface area contributed by atoms with E-state index >= 15 is 0 Å². The van der Waals surface area contributed by atoms with E-state index in [1.165, 1.54) is 36.0 Å². The van der Waals surface area contributed by atoms with Crippen molar-refractivity contribution in [2.24, 2.45) is 0 Å². The van der Waals surface area contributed by atoms with Crippen molar-refractivity contribution in [3.05, 3.63) is 18.2 Å².